The Morgan fingerprint density at radius 3 is 2.63 bits per heavy atom. The lowest BCUT2D eigenvalue weighted by Crippen LogP contribution is -2.50. The highest BCUT2D eigenvalue weighted by atomic mass is 16.4. The van der Waals surface area contributed by atoms with Crippen LogP contribution in [-0.4, -0.2) is 35.1 Å². The third kappa shape index (κ3) is 4.48. The minimum Gasteiger partial charge on any atom is -0.481 e. The number of unbranched alkanes of at least 4 members (excludes halogenated alkanes) is 2. The van der Waals surface area contributed by atoms with E-state index in [0.717, 1.165) is 38.8 Å². The van der Waals surface area contributed by atoms with E-state index in [-0.39, 0.29) is 0 Å². The molecule has 19 heavy (non-hydrogen) atoms. The second-order valence-corrected chi connectivity index (χ2v) is 6.25. The fourth-order valence-electron chi connectivity index (χ4n) is 3.38. The number of carboxylic acid groups (broad SMARTS) is 1. The van der Waals surface area contributed by atoms with Crippen molar-refractivity contribution in [3.8, 4) is 0 Å². The van der Waals surface area contributed by atoms with E-state index in [1.807, 2.05) is 0 Å². The minimum atomic E-state index is -0.584. The number of aliphatic carboxylic acids is 1. The summed E-state index contributed by atoms with van der Waals surface area (Å²) in [6, 6.07) is 0.530. The van der Waals surface area contributed by atoms with Gasteiger partial charge in [0.2, 0.25) is 0 Å². The van der Waals surface area contributed by atoms with Crippen LogP contribution in [0.3, 0.4) is 0 Å². The molecule has 2 unspecified atom stereocenters. The maximum atomic E-state index is 11.7. The molecule has 0 bridgehead atoms. The summed E-state index contributed by atoms with van der Waals surface area (Å²) in [6.07, 6.45) is 8.68. The van der Waals surface area contributed by atoms with Crippen LogP contribution >= 0.6 is 0 Å². The molecule has 0 radical (unpaired) electrons. The summed E-state index contributed by atoms with van der Waals surface area (Å²) in [6.45, 7) is 8.41. The summed E-state index contributed by atoms with van der Waals surface area (Å²) in [5.74, 6) is -0.584. The van der Waals surface area contributed by atoms with E-state index in [1.54, 1.807) is 0 Å². The van der Waals surface area contributed by atoms with Gasteiger partial charge in [-0.1, -0.05) is 39.5 Å². The van der Waals surface area contributed by atoms with Gasteiger partial charge in [-0.25, -0.2) is 0 Å². The molecule has 2 atom stereocenters. The Kier molecular flexibility index (Phi) is 6.84. The van der Waals surface area contributed by atoms with Crippen LogP contribution < -0.4 is 0 Å². The molecule has 1 heterocycles. The Bertz CT molecular complexity index is 276. The van der Waals surface area contributed by atoms with Gasteiger partial charge in [0.25, 0.3) is 0 Å². The fourth-order valence-corrected chi connectivity index (χ4v) is 3.38. The SMILES string of the molecule is CCCCCC(C)N1CCCC(CCC)(C(=O)O)C1. The number of nitrogens with zero attached hydrogens (tertiary/aromatic N) is 1. The van der Waals surface area contributed by atoms with Crippen LogP contribution in [0.4, 0.5) is 0 Å². The molecule has 0 aromatic carbocycles. The first-order valence-electron chi connectivity index (χ1n) is 8.03. The van der Waals surface area contributed by atoms with Crippen LogP contribution in [0.1, 0.15) is 72.1 Å². The number of piperidine rings is 1. The lowest BCUT2D eigenvalue weighted by molar-refractivity contribution is -0.153. The largest absolute Gasteiger partial charge is 0.481 e. The van der Waals surface area contributed by atoms with E-state index in [0.29, 0.717) is 6.04 Å². The van der Waals surface area contributed by atoms with Crippen molar-refractivity contribution in [3.05, 3.63) is 0 Å². The summed E-state index contributed by atoms with van der Waals surface area (Å²) in [5.41, 5.74) is -0.480. The number of carboxylic acids is 1. The maximum absolute atomic E-state index is 11.7. The fraction of sp³-hybridized carbons (Fsp3) is 0.938. The van der Waals surface area contributed by atoms with Gasteiger partial charge in [-0.3, -0.25) is 9.69 Å². The van der Waals surface area contributed by atoms with Crippen molar-refractivity contribution in [1.29, 1.82) is 0 Å². The Balaban J connectivity index is 2.58. The second kappa shape index (κ2) is 7.88. The monoisotopic (exact) mass is 269 g/mol. The lowest BCUT2D eigenvalue weighted by atomic mass is 9.76. The Labute approximate surface area is 118 Å². The number of hydrogen-bond donors (Lipinski definition) is 1. The molecule has 0 aliphatic carbocycles. The smallest absolute Gasteiger partial charge is 0.310 e. The molecule has 3 nitrogen and oxygen atoms in total. The predicted molar refractivity (Wildman–Crippen MR) is 79.4 cm³/mol. The average Bonchev–Trinajstić information content (AvgIpc) is 2.39. The number of rotatable bonds is 8. The Hall–Kier alpha value is -0.570. The Morgan fingerprint density at radius 2 is 2.05 bits per heavy atom. The van der Waals surface area contributed by atoms with E-state index in [4.69, 9.17) is 0 Å². The average molecular weight is 269 g/mol. The van der Waals surface area contributed by atoms with Crippen LogP contribution in [-0.2, 0) is 4.79 Å². The lowest BCUT2D eigenvalue weighted by Gasteiger charge is -2.42. The molecule has 1 N–H and O–H groups in total. The minimum absolute atomic E-state index is 0.480. The van der Waals surface area contributed by atoms with Gasteiger partial charge in [0.15, 0.2) is 0 Å². The third-order valence-corrected chi connectivity index (χ3v) is 4.64. The van der Waals surface area contributed by atoms with Gasteiger partial charge in [0.05, 0.1) is 5.41 Å². The molecule has 0 amide bonds. The molecule has 1 rings (SSSR count). The van der Waals surface area contributed by atoms with Gasteiger partial charge >= 0.3 is 5.97 Å². The second-order valence-electron chi connectivity index (χ2n) is 6.25. The summed E-state index contributed by atoms with van der Waals surface area (Å²) in [7, 11) is 0. The number of likely N-dealkylation sites (tertiary alicyclic amines) is 1. The van der Waals surface area contributed by atoms with Crippen molar-refractivity contribution in [2.24, 2.45) is 5.41 Å². The summed E-state index contributed by atoms with van der Waals surface area (Å²) >= 11 is 0. The van der Waals surface area contributed by atoms with Gasteiger partial charge < -0.3 is 5.11 Å². The topological polar surface area (TPSA) is 40.5 Å². The first kappa shape index (κ1) is 16.5. The van der Waals surface area contributed by atoms with E-state index >= 15 is 0 Å². The van der Waals surface area contributed by atoms with E-state index in [1.165, 1.54) is 25.7 Å². The molecule has 3 heteroatoms. The van der Waals surface area contributed by atoms with Gasteiger partial charge in [-0.2, -0.15) is 0 Å². The highest BCUT2D eigenvalue weighted by Gasteiger charge is 2.42. The normalized spacial score (nSPS) is 26.3. The van der Waals surface area contributed by atoms with Crippen LogP contribution in [0.25, 0.3) is 0 Å². The summed E-state index contributed by atoms with van der Waals surface area (Å²) < 4.78 is 0. The molecule has 112 valence electrons. The zero-order chi connectivity index (χ0) is 14.3. The molecular weight excluding hydrogens is 238 g/mol. The highest BCUT2D eigenvalue weighted by Crippen LogP contribution is 2.36. The molecule has 1 fully saturated rings. The quantitative estimate of drug-likeness (QED) is 0.679. The van der Waals surface area contributed by atoms with Crippen molar-refractivity contribution >= 4 is 5.97 Å². The summed E-state index contributed by atoms with van der Waals surface area (Å²) in [5, 5.41) is 9.61. The maximum Gasteiger partial charge on any atom is 0.310 e. The molecule has 1 aliphatic heterocycles. The first-order valence-corrected chi connectivity index (χ1v) is 8.03. The first-order chi connectivity index (χ1) is 9.05. The molecule has 0 spiro atoms. The van der Waals surface area contributed by atoms with Crippen LogP contribution in [0.15, 0.2) is 0 Å². The van der Waals surface area contributed by atoms with Crippen LogP contribution in [0, 0.1) is 5.41 Å². The zero-order valence-electron chi connectivity index (χ0n) is 13.0. The highest BCUT2D eigenvalue weighted by molar-refractivity contribution is 5.75. The van der Waals surface area contributed by atoms with E-state index in [9.17, 15) is 9.90 Å². The van der Waals surface area contributed by atoms with Gasteiger partial charge in [0.1, 0.15) is 0 Å². The molecule has 1 saturated heterocycles. The molecular formula is C16H31NO2. The van der Waals surface area contributed by atoms with Crippen molar-refractivity contribution in [1.82, 2.24) is 4.90 Å². The van der Waals surface area contributed by atoms with Crippen molar-refractivity contribution in [2.45, 2.75) is 78.2 Å². The van der Waals surface area contributed by atoms with Crippen LogP contribution in [0.5, 0.6) is 0 Å². The van der Waals surface area contributed by atoms with E-state index < -0.39 is 11.4 Å². The van der Waals surface area contributed by atoms with Gasteiger partial charge in [0, 0.05) is 12.6 Å². The molecule has 1 aliphatic rings. The number of hydrogen-bond acceptors (Lipinski definition) is 2. The van der Waals surface area contributed by atoms with Gasteiger partial charge in [-0.05, 0) is 39.2 Å². The molecule has 0 saturated carbocycles. The van der Waals surface area contributed by atoms with Crippen molar-refractivity contribution in [3.63, 3.8) is 0 Å². The number of carbonyl (C=O) groups is 1. The van der Waals surface area contributed by atoms with Gasteiger partial charge in [-0.15, -0.1) is 0 Å². The third-order valence-electron chi connectivity index (χ3n) is 4.64. The van der Waals surface area contributed by atoms with E-state index in [2.05, 4.69) is 25.7 Å². The zero-order valence-corrected chi connectivity index (χ0v) is 13.0. The summed E-state index contributed by atoms with van der Waals surface area (Å²) in [4.78, 5) is 14.1. The van der Waals surface area contributed by atoms with Crippen LogP contribution in [0.2, 0.25) is 0 Å². The molecule has 0 aromatic rings. The van der Waals surface area contributed by atoms with Crippen molar-refractivity contribution < 1.29 is 9.90 Å². The standard InChI is InChI=1S/C16H31NO2/c1-4-6-7-9-14(3)17-12-8-11-16(13-17,10-5-2)15(18)19/h14H,4-13H2,1-3H3,(H,18,19). The predicted octanol–water partition coefficient (Wildman–Crippen LogP) is 3.92. The van der Waals surface area contributed by atoms with Crippen molar-refractivity contribution in [2.75, 3.05) is 13.1 Å². The Morgan fingerprint density at radius 1 is 1.32 bits per heavy atom. The molecule has 0 aromatic heterocycles.